The molecule has 0 aliphatic carbocycles. The van der Waals surface area contributed by atoms with E-state index in [1.807, 2.05) is 6.07 Å². The van der Waals surface area contributed by atoms with Crippen molar-refractivity contribution < 1.29 is 13.2 Å². The molecule has 0 atom stereocenters. The van der Waals surface area contributed by atoms with Crippen molar-refractivity contribution in [2.45, 2.75) is 4.21 Å². The normalized spacial score (nSPS) is 10.9. The van der Waals surface area contributed by atoms with Crippen LogP contribution in [0.1, 0.15) is 4.88 Å². The predicted molar refractivity (Wildman–Crippen MR) is 62.9 cm³/mol. The molecule has 0 aromatic carbocycles. The maximum absolute atomic E-state index is 11.7. The largest absolute Gasteiger partial charge is 0.348 e. The van der Waals surface area contributed by atoms with Crippen LogP contribution in [-0.4, -0.2) is 39.9 Å². The lowest BCUT2D eigenvalue weighted by Gasteiger charge is -2.10. The van der Waals surface area contributed by atoms with E-state index in [9.17, 15) is 13.2 Å². The zero-order valence-corrected chi connectivity index (χ0v) is 10.9. The second-order valence-electron chi connectivity index (χ2n) is 3.34. The summed E-state index contributed by atoms with van der Waals surface area (Å²) < 4.78 is 25.6. The molecule has 0 unspecified atom stereocenters. The minimum absolute atomic E-state index is 0.0283. The SMILES string of the molecule is CN(C)C(=O)CNS(=O)(=O)c1ccc(C#N)s1. The quantitative estimate of drug-likeness (QED) is 0.835. The molecule has 92 valence electrons. The lowest BCUT2D eigenvalue weighted by atomic mass is 10.5. The van der Waals surface area contributed by atoms with Crippen LogP contribution in [0.15, 0.2) is 16.3 Å². The second kappa shape index (κ2) is 5.27. The summed E-state index contributed by atoms with van der Waals surface area (Å²) in [5.74, 6) is -0.342. The van der Waals surface area contributed by atoms with Crippen molar-refractivity contribution in [3.63, 3.8) is 0 Å². The Labute approximate surface area is 104 Å². The van der Waals surface area contributed by atoms with Gasteiger partial charge in [0.2, 0.25) is 5.91 Å². The van der Waals surface area contributed by atoms with E-state index in [2.05, 4.69) is 4.72 Å². The van der Waals surface area contributed by atoms with Gasteiger partial charge in [-0.25, -0.2) is 13.1 Å². The highest BCUT2D eigenvalue weighted by Gasteiger charge is 2.18. The van der Waals surface area contributed by atoms with E-state index in [-0.39, 0.29) is 16.7 Å². The Morgan fingerprint density at radius 1 is 1.53 bits per heavy atom. The number of nitrogens with one attached hydrogen (secondary N) is 1. The van der Waals surface area contributed by atoms with E-state index >= 15 is 0 Å². The van der Waals surface area contributed by atoms with Gasteiger partial charge in [-0.1, -0.05) is 0 Å². The molecule has 0 radical (unpaired) electrons. The van der Waals surface area contributed by atoms with Crippen LogP contribution in [0.3, 0.4) is 0 Å². The maximum Gasteiger partial charge on any atom is 0.250 e. The average Bonchev–Trinajstić information content (AvgIpc) is 2.75. The summed E-state index contributed by atoms with van der Waals surface area (Å²) in [5, 5.41) is 8.59. The van der Waals surface area contributed by atoms with E-state index in [1.54, 1.807) is 0 Å². The summed E-state index contributed by atoms with van der Waals surface area (Å²) in [6.45, 7) is -0.297. The van der Waals surface area contributed by atoms with Gasteiger partial charge < -0.3 is 4.90 Å². The summed E-state index contributed by atoms with van der Waals surface area (Å²) in [6, 6.07) is 4.62. The number of likely N-dealkylation sites (N-methyl/N-ethyl adjacent to an activating group) is 1. The molecule has 1 aromatic rings. The van der Waals surface area contributed by atoms with Crippen LogP contribution >= 0.6 is 11.3 Å². The maximum atomic E-state index is 11.7. The Hall–Kier alpha value is -1.43. The molecule has 0 aliphatic heterocycles. The molecular formula is C9H11N3O3S2. The summed E-state index contributed by atoms with van der Waals surface area (Å²) in [7, 11) is -0.634. The van der Waals surface area contributed by atoms with Crippen LogP contribution in [0.2, 0.25) is 0 Å². The smallest absolute Gasteiger partial charge is 0.250 e. The van der Waals surface area contributed by atoms with Gasteiger partial charge in [0.25, 0.3) is 10.0 Å². The number of nitriles is 1. The topological polar surface area (TPSA) is 90.3 Å². The molecule has 17 heavy (non-hydrogen) atoms. The third-order valence-corrected chi connectivity index (χ3v) is 4.75. The van der Waals surface area contributed by atoms with Crippen molar-refractivity contribution >= 4 is 27.3 Å². The molecular weight excluding hydrogens is 262 g/mol. The molecule has 0 fully saturated rings. The highest BCUT2D eigenvalue weighted by atomic mass is 32.2. The first-order chi connectivity index (χ1) is 7.86. The highest BCUT2D eigenvalue weighted by molar-refractivity contribution is 7.91. The van der Waals surface area contributed by atoms with Crippen LogP contribution in [0.5, 0.6) is 0 Å². The first-order valence-corrected chi connectivity index (χ1v) is 6.86. The van der Waals surface area contributed by atoms with Crippen LogP contribution < -0.4 is 4.72 Å². The fourth-order valence-corrected chi connectivity index (χ4v) is 3.03. The molecule has 0 saturated carbocycles. The third-order valence-electron chi connectivity index (χ3n) is 1.87. The molecule has 1 heterocycles. The Morgan fingerprint density at radius 2 is 2.18 bits per heavy atom. The molecule has 1 amide bonds. The Bertz CT molecular complexity index is 554. The zero-order chi connectivity index (χ0) is 13.1. The Morgan fingerprint density at radius 3 is 2.65 bits per heavy atom. The van der Waals surface area contributed by atoms with Crippen LogP contribution in [-0.2, 0) is 14.8 Å². The van der Waals surface area contributed by atoms with Gasteiger partial charge in [-0.05, 0) is 12.1 Å². The van der Waals surface area contributed by atoms with Crippen molar-refractivity contribution in [2.24, 2.45) is 0 Å². The van der Waals surface area contributed by atoms with Crippen LogP contribution in [0, 0.1) is 11.3 Å². The summed E-state index contributed by atoms with van der Waals surface area (Å²) in [6.07, 6.45) is 0. The van der Waals surface area contributed by atoms with Gasteiger partial charge in [0.05, 0.1) is 6.54 Å². The second-order valence-corrected chi connectivity index (χ2v) is 6.42. The monoisotopic (exact) mass is 273 g/mol. The molecule has 0 saturated heterocycles. The molecule has 0 aliphatic rings. The average molecular weight is 273 g/mol. The third kappa shape index (κ3) is 3.52. The lowest BCUT2D eigenvalue weighted by Crippen LogP contribution is -2.35. The number of sulfonamides is 1. The highest BCUT2D eigenvalue weighted by Crippen LogP contribution is 2.20. The summed E-state index contributed by atoms with van der Waals surface area (Å²) >= 11 is 0.863. The lowest BCUT2D eigenvalue weighted by molar-refractivity contribution is -0.127. The minimum Gasteiger partial charge on any atom is -0.348 e. The van der Waals surface area contributed by atoms with Gasteiger partial charge in [0.15, 0.2) is 0 Å². The number of carbonyl (C=O) groups excluding carboxylic acids is 1. The standard InChI is InChI=1S/C9H11N3O3S2/c1-12(2)8(13)6-11-17(14,15)9-4-3-7(5-10)16-9/h3-4,11H,6H2,1-2H3. The van der Waals surface area contributed by atoms with Gasteiger partial charge in [-0.15, -0.1) is 11.3 Å². The predicted octanol–water partition coefficient (Wildman–Crippen LogP) is -0.0137. The molecule has 1 rings (SSSR count). The van der Waals surface area contributed by atoms with E-state index < -0.39 is 10.0 Å². The van der Waals surface area contributed by atoms with Gasteiger partial charge in [-0.2, -0.15) is 5.26 Å². The van der Waals surface area contributed by atoms with Gasteiger partial charge in [0, 0.05) is 14.1 Å². The number of hydrogen-bond donors (Lipinski definition) is 1. The molecule has 8 heteroatoms. The fourth-order valence-electron chi connectivity index (χ4n) is 0.911. The number of nitrogens with zero attached hydrogens (tertiary/aromatic N) is 2. The summed E-state index contributed by atoms with van der Waals surface area (Å²) in [5.41, 5.74) is 0. The van der Waals surface area contributed by atoms with E-state index in [1.165, 1.54) is 31.1 Å². The van der Waals surface area contributed by atoms with Crippen molar-refractivity contribution in [3.8, 4) is 6.07 Å². The van der Waals surface area contributed by atoms with Gasteiger partial charge in [-0.3, -0.25) is 4.79 Å². The molecule has 1 aromatic heterocycles. The van der Waals surface area contributed by atoms with E-state index in [4.69, 9.17) is 5.26 Å². The molecule has 0 spiro atoms. The van der Waals surface area contributed by atoms with Crippen molar-refractivity contribution in [1.29, 1.82) is 5.26 Å². The first kappa shape index (κ1) is 13.6. The zero-order valence-electron chi connectivity index (χ0n) is 9.30. The molecule has 1 N–H and O–H groups in total. The van der Waals surface area contributed by atoms with Crippen LogP contribution in [0.25, 0.3) is 0 Å². The van der Waals surface area contributed by atoms with Crippen molar-refractivity contribution in [1.82, 2.24) is 9.62 Å². The van der Waals surface area contributed by atoms with Crippen molar-refractivity contribution in [2.75, 3.05) is 20.6 Å². The molecule has 0 bridgehead atoms. The summed E-state index contributed by atoms with van der Waals surface area (Å²) in [4.78, 5) is 12.8. The van der Waals surface area contributed by atoms with Crippen molar-refractivity contribution in [3.05, 3.63) is 17.0 Å². The minimum atomic E-state index is -3.71. The first-order valence-electron chi connectivity index (χ1n) is 4.56. The molecule has 6 nitrogen and oxygen atoms in total. The van der Waals surface area contributed by atoms with Gasteiger partial charge in [0.1, 0.15) is 15.2 Å². The number of carbonyl (C=O) groups is 1. The van der Waals surface area contributed by atoms with E-state index in [0.29, 0.717) is 4.88 Å². The fraction of sp³-hybridized carbons (Fsp3) is 0.333. The number of rotatable bonds is 4. The number of thiophene rings is 1. The number of amides is 1. The van der Waals surface area contributed by atoms with Crippen LogP contribution in [0.4, 0.5) is 0 Å². The Balaban J connectivity index is 2.76. The number of hydrogen-bond acceptors (Lipinski definition) is 5. The van der Waals surface area contributed by atoms with E-state index in [0.717, 1.165) is 11.3 Å². The Kier molecular flexibility index (Phi) is 4.22. The van der Waals surface area contributed by atoms with Gasteiger partial charge >= 0.3 is 0 Å².